The molecule has 0 amide bonds. The van der Waals surface area contributed by atoms with Crippen LogP contribution in [0.25, 0.3) is 33.5 Å². The van der Waals surface area contributed by atoms with Gasteiger partial charge in [-0.2, -0.15) is 5.10 Å². The molecule has 0 bridgehead atoms. The Kier molecular flexibility index (Phi) is 4.39. The summed E-state index contributed by atoms with van der Waals surface area (Å²) in [5.41, 5.74) is 6.36. The molecule has 8 heteroatoms. The summed E-state index contributed by atoms with van der Waals surface area (Å²) in [4.78, 5) is 13.8. The first kappa shape index (κ1) is 18.3. The predicted octanol–water partition coefficient (Wildman–Crippen LogP) is 4.63. The minimum Gasteiger partial charge on any atom is -0.490 e. The van der Waals surface area contributed by atoms with E-state index >= 15 is 0 Å². The van der Waals surface area contributed by atoms with E-state index in [1.807, 2.05) is 48.7 Å². The maximum atomic E-state index is 5.67. The number of fused-ring (bicyclic) bond motifs is 2. The Bertz CT molecular complexity index is 1410. The second kappa shape index (κ2) is 7.66. The SMILES string of the molecule is c1cncc(-c2cccc(-c3nc(Nc4ccc5c(c4)NCCO5)c4[nH]ncc4n3)c2)c1. The lowest BCUT2D eigenvalue weighted by atomic mass is 10.0. The van der Waals surface area contributed by atoms with Crippen LogP contribution in [0.1, 0.15) is 0 Å². The van der Waals surface area contributed by atoms with E-state index in [9.17, 15) is 0 Å². The second-order valence-corrected chi connectivity index (χ2v) is 7.46. The lowest BCUT2D eigenvalue weighted by Gasteiger charge is -2.20. The minimum absolute atomic E-state index is 0.617. The van der Waals surface area contributed by atoms with E-state index in [0.717, 1.165) is 51.4 Å². The van der Waals surface area contributed by atoms with E-state index in [-0.39, 0.29) is 0 Å². The molecule has 5 aromatic rings. The molecule has 1 aliphatic heterocycles. The highest BCUT2D eigenvalue weighted by Crippen LogP contribution is 2.33. The number of hydrogen-bond donors (Lipinski definition) is 3. The molecule has 8 nitrogen and oxygen atoms in total. The van der Waals surface area contributed by atoms with Gasteiger partial charge in [0.1, 0.15) is 23.4 Å². The minimum atomic E-state index is 0.617. The normalized spacial score (nSPS) is 12.6. The number of ether oxygens (including phenoxy) is 1. The van der Waals surface area contributed by atoms with Crippen molar-refractivity contribution in [2.45, 2.75) is 0 Å². The van der Waals surface area contributed by atoms with Crippen LogP contribution in [0.2, 0.25) is 0 Å². The molecule has 0 atom stereocenters. The van der Waals surface area contributed by atoms with Crippen LogP contribution >= 0.6 is 0 Å². The molecule has 3 N–H and O–H groups in total. The number of aromatic amines is 1. The molecule has 6 rings (SSSR count). The average molecular weight is 421 g/mol. The molecule has 1 aliphatic rings. The Balaban J connectivity index is 1.40. The fourth-order valence-corrected chi connectivity index (χ4v) is 3.79. The number of H-pyrrole nitrogens is 1. The van der Waals surface area contributed by atoms with Crippen LogP contribution in [0.15, 0.2) is 73.2 Å². The maximum absolute atomic E-state index is 5.67. The van der Waals surface area contributed by atoms with Gasteiger partial charge in [-0.3, -0.25) is 10.1 Å². The van der Waals surface area contributed by atoms with Crippen LogP contribution in [0.3, 0.4) is 0 Å². The Morgan fingerprint density at radius 1 is 0.906 bits per heavy atom. The highest BCUT2D eigenvalue weighted by molar-refractivity contribution is 5.89. The zero-order chi connectivity index (χ0) is 21.3. The van der Waals surface area contributed by atoms with Gasteiger partial charge in [0.05, 0.1) is 11.9 Å². The van der Waals surface area contributed by atoms with Crippen LogP contribution in [-0.2, 0) is 0 Å². The van der Waals surface area contributed by atoms with Gasteiger partial charge in [0.15, 0.2) is 11.6 Å². The lowest BCUT2D eigenvalue weighted by molar-refractivity contribution is 0.323. The van der Waals surface area contributed by atoms with Crippen molar-refractivity contribution < 1.29 is 4.74 Å². The number of pyridine rings is 1. The monoisotopic (exact) mass is 421 g/mol. The molecule has 4 heterocycles. The first-order valence-electron chi connectivity index (χ1n) is 10.3. The molecular formula is C24H19N7O. The molecule has 0 aliphatic carbocycles. The summed E-state index contributed by atoms with van der Waals surface area (Å²) in [6, 6.07) is 18.0. The number of aromatic nitrogens is 5. The summed E-state index contributed by atoms with van der Waals surface area (Å²) < 4.78 is 5.67. The molecule has 0 spiro atoms. The van der Waals surface area contributed by atoms with Crippen LogP contribution < -0.4 is 15.4 Å². The van der Waals surface area contributed by atoms with Crippen LogP contribution in [0.4, 0.5) is 17.2 Å². The highest BCUT2D eigenvalue weighted by Gasteiger charge is 2.14. The van der Waals surface area contributed by atoms with Gasteiger partial charge in [-0.15, -0.1) is 0 Å². The molecule has 32 heavy (non-hydrogen) atoms. The fourth-order valence-electron chi connectivity index (χ4n) is 3.79. The third-order valence-corrected chi connectivity index (χ3v) is 5.33. The Hall–Kier alpha value is -4.46. The summed E-state index contributed by atoms with van der Waals surface area (Å²) in [5, 5.41) is 13.9. The number of rotatable bonds is 4. The number of anilines is 3. The van der Waals surface area contributed by atoms with Crippen molar-refractivity contribution in [3.63, 3.8) is 0 Å². The van der Waals surface area contributed by atoms with Gasteiger partial charge in [0, 0.05) is 35.8 Å². The van der Waals surface area contributed by atoms with Gasteiger partial charge in [-0.25, -0.2) is 9.97 Å². The largest absolute Gasteiger partial charge is 0.490 e. The van der Waals surface area contributed by atoms with Crippen molar-refractivity contribution in [1.29, 1.82) is 0 Å². The van der Waals surface area contributed by atoms with Crippen molar-refractivity contribution in [1.82, 2.24) is 25.1 Å². The number of benzene rings is 2. The standard InChI is InChI=1S/C24H19N7O/c1-3-15(17-5-2-8-25-13-17)11-16(4-1)23-29-20-14-27-31-22(20)24(30-23)28-18-6-7-21-19(12-18)26-9-10-32-21/h1-8,11-14,26H,9-10H2,(H,27,31)(H,28,29,30). The quantitative estimate of drug-likeness (QED) is 0.389. The zero-order valence-electron chi connectivity index (χ0n) is 17.0. The Morgan fingerprint density at radius 3 is 2.78 bits per heavy atom. The molecule has 0 saturated carbocycles. The highest BCUT2D eigenvalue weighted by atomic mass is 16.5. The van der Waals surface area contributed by atoms with Gasteiger partial charge in [-0.05, 0) is 35.9 Å². The van der Waals surface area contributed by atoms with E-state index in [4.69, 9.17) is 14.7 Å². The van der Waals surface area contributed by atoms with E-state index in [2.05, 4.69) is 37.9 Å². The molecule has 2 aromatic carbocycles. The van der Waals surface area contributed by atoms with Crippen LogP contribution in [-0.4, -0.2) is 38.3 Å². The molecule has 0 radical (unpaired) electrons. The average Bonchev–Trinajstić information content (AvgIpc) is 3.34. The summed E-state index contributed by atoms with van der Waals surface area (Å²) >= 11 is 0. The summed E-state index contributed by atoms with van der Waals surface area (Å²) in [5.74, 6) is 2.13. The molecular weight excluding hydrogens is 402 g/mol. The summed E-state index contributed by atoms with van der Waals surface area (Å²) in [6.45, 7) is 1.45. The number of nitrogens with zero attached hydrogens (tertiary/aromatic N) is 4. The van der Waals surface area contributed by atoms with Gasteiger partial charge in [0.2, 0.25) is 0 Å². The summed E-state index contributed by atoms with van der Waals surface area (Å²) in [7, 11) is 0. The van der Waals surface area contributed by atoms with Gasteiger partial charge in [0.25, 0.3) is 0 Å². The fraction of sp³-hybridized carbons (Fsp3) is 0.0833. The van der Waals surface area contributed by atoms with Gasteiger partial charge < -0.3 is 15.4 Å². The zero-order valence-corrected chi connectivity index (χ0v) is 17.0. The number of hydrogen-bond acceptors (Lipinski definition) is 7. The van der Waals surface area contributed by atoms with Crippen molar-refractivity contribution in [2.75, 3.05) is 23.8 Å². The van der Waals surface area contributed by atoms with E-state index in [1.54, 1.807) is 12.4 Å². The Morgan fingerprint density at radius 2 is 1.84 bits per heavy atom. The maximum Gasteiger partial charge on any atom is 0.162 e. The van der Waals surface area contributed by atoms with Gasteiger partial charge in [-0.1, -0.05) is 24.3 Å². The van der Waals surface area contributed by atoms with Crippen molar-refractivity contribution >= 4 is 28.2 Å². The van der Waals surface area contributed by atoms with E-state index in [1.165, 1.54) is 0 Å². The van der Waals surface area contributed by atoms with E-state index < -0.39 is 0 Å². The number of nitrogens with one attached hydrogen (secondary N) is 3. The third kappa shape index (κ3) is 3.37. The summed E-state index contributed by atoms with van der Waals surface area (Å²) in [6.07, 6.45) is 5.32. The van der Waals surface area contributed by atoms with Crippen LogP contribution in [0.5, 0.6) is 5.75 Å². The first-order valence-corrected chi connectivity index (χ1v) is 10.3. The Labute approximate surface area is 183 Å². The smallest absolute Gasteiger partial charge is 0.162 e. The predicted molar refractivity (Wildman–Crippen MR) is 124 cm³/mol. The van der Waals surface area contributed by atoms with Crippen molar-refractivity contribution in [3.05, 3.63) is 73.2 Å². The first-order chi connectivity index (χ1) is 15.8. The third-order valence-electron chi connectivity index (χ3n) is 5.33. The molecule has 0 unspecified atom stereocenters. The van der Waals surface area contributed by atoms with Gasteiger partial charge >= 0.3 is 0 Å². The molecule has 0 saturated heterocycles. The van der Waals surface area contributed by atoms with E-state index in [0.29, 0.717) is 18.2 Å². The molecule has 3 aromatic heterocycles. The molecule has 156 valence electrons. The van der Waals surface area contributed by atoms with Crippen molar-refractivity contribution in [3.8, 4) is 28.3 Å². The second-order valence-electron chi connectivity index (χ2n) is 7.46. The van der Waals surface area contributed by atoms with Crippen molar-refractivity contribution in [2.24, 2.45) is 0 Å². The lowest BCUT2D eigenvalue weighted by Crippen LogP contribution is -2.17. The topological polar surface area (TPSA) is 101 Å². The van der Waals surface area contributed by atoms with Crippen LogP contribution in [0, 0.1) is 0 Å². The molecule has 0 fully saturated rings.